The monoisotopic (exact) mass is 451 g/mol. The molecule has 0 aliphatic carbocycles. The van der Waals surface area contributed by atoms with Crippen molar-refractivity contribution in [2.24, 2.45) is 10.9 Å². The molecule has 9 heteroatoms. The van der Waals surface area contributed by atoms with Gasteiger partial charge in [0.15, 0.2) is 11.3 Å². The normalized spacial score (nSPS) is 23.5. The van der Waals surface area contributed by atoms with Crippen molar-refractivity contribution in [2.45, 2.75) is 25.9 Å². The Hall–Kier alpha value is -2.97. The standard InChI is InChI=1S/C23H26ClN7O/c1-14-5-6-16(24)9-17(14)22-26-10-19-23(32)27-21(28-31(19)22)18-12-30(11-15(18)2)13-20-25-7-4-8-29(20)3/h4-10,15,18,20H,11-13H2,1-3H3,(H,27,28,32). The Morgan fingerprint density at radius 1 is 1.28 bits per heavy atom. The molecule has 1 fully saturated rings. The van der Waals surface area contributed by atoms with Crippen LogP contribution in [-0.4, -0.2) is 68.4 Å². The Bertz CT molecular complexity index is 1280. The minimum absolute atomic E-state index is 0.103. The highest BCUT2D eigenvalue weighted by atomic mass is 35.5. The molecule has 5 rings (SSSR count). The van der Waals surface area contributed by atoms with Crippen LogP contribution in [0.2, 0.25) is 5.02 Å². The van der Waals surface area contributed by atoms with Crippen molar-refractivity contribution < 1.29 is 0 Å². The van der Waals surface area contributed by atoms with E-state index in [-0.39, 0.29) is 17.6 Å². The fourth-order valence-electron chi connectivity index (χ4n) is 4.61. The minimum atomic E-state index is -0.180. The van der Waals surface area contributed by atoms with E-state index in [1.807, 2.05) is 50.7 Å². The second-order valence-corrected chi connectivity index (χ2v) is 9.20. The summed E-state index contributed by atoms with van der Waals surface area (Å²) in [6, 6.07) is 5.66. The third-order valence-electron chi connectivity index (χ3n) is 6.46. The predicted molar refractivity (Wildman–Crippen MR) is 126 cm³/mol. The van der Waals surface area contributed by atoms with Crippen molar-refractivity contribution in [3.63, 3.8) is 0 Å². The van der Waals surface area contributed by atoms with Gasteiger partial charge in [-0.1, -0.05) is 24.6 Å². The number of aliphatic imine (C=N–C) groups is 1. The molecule has 32 heavy (non-hydrogen) atoms. The van der Waals surface area contributed by atoms with Gasteiger partial charge < -0.3 is 9.88 Å². The van der Waals surface area contributed by atoms with Crippen molar-refractivity contribution in [3.8, 4) is 11.4 Å². The largest absolute Gasteiger partial charge is 0.358 e. The van der Waals surface area contributed by atoms with E-state index in [9.17, 15) is 4.79 Å². The van der Waals surface area contributed by atoms with E-state index in [4.69, 9.17) is 16.7 Å². The van der Waals surface area contributed by atoms with Gasteiger partial charge in [-0.25, -0.2) is 9.50 Å². The molecule has 2 aliphatic rings. The molecular formula is C23H26ClN7O. The average molecular weight is 452 g/mol. The predicted octanol–water partition coefficient (Wildman–Crippen LogP) is 2.94. The number of hydrogen-bond donors (Lipinski definition) is 1. The summed E-state index contributed by atoms with van der Waals surface area (Å²) in [5.74, 6) is 1.79. The molecular weight excluding hydrogens is 426 g/mol. The molecule has 0 saturated carbocycles. The summed E-state index contributed by atoms with van der Waals surface area (Å²) < 4.78 is 1.66. The number of aryl methyl sites for hydroxylation is 1. The van der Waals surface area contributed by atoms with Crippen molar-refractivity contribution in [1.82, 2.24) is 29.4 Å². The van der Waals surface area contributed by atoms with E-state index in [1.165, 1.54) is 0 Å². The van der Waals surface area contributed by atoms with Gasteiger partial charge in [-0.15, -0.1) is 0 Å². The van der Waals surface area contributed by atoms with Gasteiger partial charge in [-0.2, -0.15) is 5.10 Å². The Labute approximate surface area is 191 Å². The lowest BCUT2D eigenvalue weighted by atomic mass is 9.97. The SMILES string of the molecule is Cc1ccc(Cl)cc1-c1ncc2c(=O)[nH]c(C3CN(CC4N=CC=CN4C)CC3C)nn12. The zero-order chi connectivity index (χ0) is 22.4. The number of fused-ring (bicyclic) bond motifs is 1. The zero-order valence-corrected chi connectivity index (χ0v) is 19.1. The average Bonchev–Trinajstić information content (AvgIpc) is 3.35. The highest BCUT2D eigenvalue weighted by molar-refractivity contribution is 6.30. The number of likely N-dealkylation sites (tertiary alicyclic amines) is 1. The fraction of sp³-hybridized carbons (Fsp3) is 0.391. The number of hydrogen-bond acceptors (Lipinski definition) is 6. The first kappa shape index (κ1) is 20.9. The zero-order valence-electron chi connectivity index (χ0n) is 18.4. The van der Waals surface area contributed by atoms with Crippen LogP contribution in [0.5, 0.6) is 0 Å². The van der Waals surface area contributed by atoms with Gasteiger partial charge in [0, 0.05) is 55.6 Å². The molecule has 1 N–H and O–H groups in total. The first-order valence-corrected chi connectivity index (χ1v) is 11.2. The summed E-state index contributed by atoms with van der Waals surface area (Å²) >= 11 is 6.23. The van der Waals surface area contributed by atoms with E-state index in [0.717, 1.165) is 30.8 Å². The van der Waals surface area contributed by atoms with Crippen molar-refractivity contribution >= 4 is 23.3 Å². The third-order valence-corrected chi connectivity index (χ3v) is 6.69. The van der Waals surface area contributed by atoms with Crippen LogP contribution < -0.4 is 5.56 Å². The molecule has 0 radical (unpaired) electrons. The number of nitrogens with zero attached hydrogens (tertiary/aromatic N) is 6. The van der Waals surface area contributed by atoms with Gasteiger partial charge in [-0.05, 0) is 36.6 Å². The molecule has 3 unspecified atom stereocenters. The van der Waals surface area contributed by atoms with E-state index >= 15 is 0 Å². The van der Waals surface area contributed by atoms with Crippen LogP contribution in [0.4, 0.5) is 0 Å². The Balaban J connectivity index is 1.47. The second-order valence-electron chi connectivity index (χ2n) is 8.77. The van der Waals surface area contributed by atoms with Crippen LogP contribution in [0.3, 0.4) is 0 Å². The number of allylic oxidation sites excluding steroid dienone is 1. The van der Waals surface area contributed by atoms with Crippen LogP contribution in [0.25, 0.3) is 16.9 Å². The number of benzene rings is 1. The topological polar surface area (TPSA) is 81.9 Å². The maximum atomic E-state index is 12.9. The lowest BCUT2D eigenvalue weighted by molar-refractivity contribution is 0.224. The van der Waals surface area contributed by atoms with Gasteiger partial charge >= 0.3 is 0 Å². The lowest BCUT2D eigenvalue weighted by Crippen LogP contribution is -2.39. The summed E-state index contributed by atoms with van der Waals surface area (Å²) in [4.78, 5) is 29.5. The minimum Gasteiger partial charge on any atom is -0.358 e. The summed E-state index contributed by atoms with van der Waals surface area (Å²) in [5, 5.41) is 5.47. The van der Waals surface area contributed by atoms with Gasteiger partial charge in [0.25, 0.3) is 5.56 Å². The van der Waals surface area contributed by atoms with E-state index in [2.05, 4.69) is 31.7 Å². The highest BCUT2D eigenvalue weighted by Crippen LogP contribution is 2.31. The Morgan fingerprint density at radius 3 is 2.94 bits per heavy atom. The number of nitrogens with one attached hydrogen (secondary N) is 1. The van der Waals surface area contributed by atoms with Crippen LogP contribution in [-0.2, 0) is 0 Å². The molecule has 0 spiro atoms. The number of imidazole rings is 1. The molecule has 1 aromatic carbocycles. The number of aromatic amines is 1. The van der Waals surface area contributed by atoms with E-state index in [1.54, 1.807) is 10.7 Å². The maximum absolute atomic E-state index is 12.9. The second kappa shape index (κ2) is 8.18. The van der Waals surface area contributed by atoms with Gasteiger partial charge in [0.2, 0.25) is 0 Å². The number of aromatic nitrogens is 4. The first-order chi connectivity index (χ1) is 15.4. The van der Waals surface area contributed by atoms with Gasteiger partial charge in [0.1, 0.15) is 12.0 Å². The van der Waals surface area contributed by atoms with E-state index < -0.39 is 0 Å². The van der Waals surface area contributed by atoms with E-state index in [0.29, 0.717) is 28.1 Å². The fourth-order valence-corrected chi connectivity index (χ4v) is 4.78. The molecule has 0 bridgehead atoms. The summed E-state index contributed by atoms with van der Waals surface area (Å²) in [6.07, 6.45) is 7.51. The molecule has 8 nitrogen and oxygen atoms in total. The number of halogens is 1. The number of H-pyrrole nitrogens is 1. The van der Waals surface area contributed by atoms with Crippen molar-refractivity contribution in [1.29, 1.82) is 0 Å². The van der Waals surface area contributed by atoms with Crippen LogP contribution in [0.1, 0.15) is 24.2 Å². The molecule has 166 valence electrons. The Kier molecular flexibility index (Phi) is 5.35. The molecule has 4 heterocycles. The third kappa shape index (κ3) is 3.73. The first-order valence-electron chi connectivity index (χ1n) is 10.8. The molecule has 2 aromatic heterocycles. The summed E-state index contributed by atoms with van der Waals surface area (Å²) in [5.41, 5.74) is 2.14. The smallest absolute Gasteiger partial charge is 0.276 e. The molecule has 2 aliphatic heterocycles. The summed E-state index contributed by atoms with van der Waals surface area (Å²) in [6.45, 7) is 6.79. The number of rotatable bonds is 4. The molecule has 1 saturated heterocycles. The lowest BCUT2D eigenvalue weighted by Gasteiger charge is -2.29. The van der Waals surface area contributed by atoms with Crippen LogP contribution in [0, 0.1) is 12.8 Å². The molecule has 3 atom stereocenters. The number of likely N-dealkylation sites (N-methyl/N-ethyl adjacent to an activating group) is 1. The van der Waals surface area contributed by atoms with Crippen molar-refractivity contribution in [3.05, 3.63) is 63.4 Å². The van der Waals surface area contributed by atoms with Gasteiger partial charge in [-0.3, -0.25) is 14.7 Å². The highest BCUT2D eigenvalue weighted by Gasteiger charge is 2.34. The molecule has 0 amide bonds. The van der Waals surface area contributed by atoms with Gasteiger partial charge in [0.05, 0.1) is 6.20 Å². The summed E-state index contributed by atoms with van der Waals surface area (Å²) in [7, 11) is 2.04. The Morgan fingerprint density at radius 2 is 2.12 bits per heavy atom. The molecule has 3 aromatic rings. The van der Waals surface area contributed by atoms with Crippen LogP contribution >= 0.6 is 11.6 Å². The van der Waals surface area contributed by atoms with Crippen LogP contribution in [0.15, 0.2) is 46.5 Å². The quantitative estimate of drug-likeness (QED) is 0.659. The maximum Gasteiger partial charge on any atom is 0.276 e. The van der Waals surface area contributed by atoms with Crippen molar-refractivity contribution in [2.75, 3.05) is 26.7 Å².